The van der Waals surface area contributed by atoms with Gasteiger partial charge in [0.25, 0.3) is 11.8 Å². The fourth-order valence-corrected chi connectivity index (χ4v) is 3.11. The average Bonchev–Trinajstić information content (AvgIpc) is 3.18. The van der Waals surface area contributed by atoms with E-state index in [0.29, 0.717) is 28.2 Å². The lowest BCUT2D eigenvalue weighted by Gasteiger charge is -2.11. The molecule has 0 spiro atoms. The molecule has 162 valence electrons. The number of methoxy groups -OCH3 is 1. The first-order valence-electron chi connectivity index (χ1n) is 9.69. The maximum absolute atomic E-state index is 13.1. The zero-order valence-electron chi connectivity index (χ0n) is 17.1. The number of hydrogen-bond donors (Lipinski definition) is 2. The Balaban J connectivity index is 1.55. The molecule has 0 unspecified atom stereocenters. The molecule has 4 rings (SSSR count). The molecule has 32 heavy (non-hydrogen) atoms. The molecule has 0 fully saturated rings. The van der Waals surface area contributed by atoms with Crippen molar-refractivity contribution in [3.63, 3.8) is 0 Å². The Morgan fingerprint density at radius 1 is 0.906 bits per heavy atom. The molecule has 1 aromatic heterocycles. The van der Waals surface area contributed by atoms with Crippen LogP contribution in [-0.4, -0.2) is 25.5 Å². The molecule has 0 aliphatic carbocycles. The maximum Gasteiger partial charge on any atom is 0.293 e. The maximum atomic E-state index is 13.1. The van der Waals surface area contributed by atoms with E-state index in [1.807, 2.05) is 0 Å². The number of rotatable bonds is 7. The first kappa shape index (κ1) is 20.9. The van der Waals surface area contributed by atoms with Crippen LogP contribution in [0.15, 0.2) is 77.2 Å². The Labute approximate surface area is 182 Å². The van der Waals surface area contributed by atoms with Gasteiger partial charge in [-0.15, -0.1) is 0 Å². The van der Waals surface area contributed by atoms with Crippen molar-refractivity contribution in [2.75, 3.05) is 24.4 Å². The number of carbonyl (C=O) groups is 2. The fraction of sp³-hybridized carbons (Fsp3) is 0.0833. The Kier molecular flexibility index (Phi) is 6.03. The van der Waals surface area contributed by atoms with Gasteiger partial charge >= 0.3 is 0 Å². The molecule has 2 N–H and O–H groups in total. The predicted octanol–water partition coefficient (Wildman–Crippen LogP) is 4.85. The molecule has 4 aromatic rings. The topological polar surface area (TPSA) is 89.8 Å². The standard InChI is InChI=1S/C24H19FN2O5/c1-30-19-8-4-5-9-20(19)31-14-21(28)27-22-17-6-2-3-7-18(17)32-23(22)24(29)26-16-12-10-15(25)11-13-16/h2-13H,14H2,1H3,(H,26,29)(H,27,28). The van der Waals surface area contributed by atoms with Gasteiger partial charge in [0.05, 0.1) is 7.11 Å². The van der Waals surface area contributed by atoms with Gasteiger partial charge in [0.15, 0.2) is 18.1 Å². The third-order valence-electron chi connectivity index (χ3n) is 4.60. The number of para-hydroxylation sites is 3. The summed E-state index contributed by atoms with van der Waals surface area (Å²) in [7, 11) is 1.51. The molecule has 8 heteroatoms. The number of amides is 2. The number of furan rings is 1. The van der Waals surface area contributed by atoms with Crippen molar-refractivity contribution in [3.8, 4) is 11.5 Å². The van der Waals surface area contributed by atoms with Crippen LogP contribution < -0.4 is 20.1 Å². The van der Waals surface area contributed by atoms with Gasteiger partial charge in [0, 0.05) is 11.1 Å². The molecule has 0 radical (unpaired) electrons. The second kappa shape index (κ2) is 9.22. The second-order valence-corrected chi connectivity index (χ2v) is 6.75. The lowest BCUT2D eigenvalue weighted by Crippen LogP contribution is -2.22. The number of halogens is 1. The molecular weight excluding hydrogens is 415 g/mol. The SMILES string of the molecule is COc1ccccc1OCC(=O)Nc1c(C(=O)Nc2ccc(F)cc2)oc2ccccc12. The lowest BCUT2D eigenvalue weighted by atomic mass is 10.2. The van der Waals surface area contributed by atoms with Gasteiger partial charge in [-0.05, 0) is 48.5 Å². The van der Waals surface area contributed by atoms with Crippen LogP contribution >= 0.6 is 0 Å². The van der Waals surface area contributed by atoms with Gasteiger partial charge in [-0.3, -0.25) is 9.59 Å². The van der Waals surface area contributed by atoms with Crippen LogP contribution in [0.4, 0.5) is 15.8 Å². The van der Waals surface area contributed by atoms with Gasteiger partial charge in [-0.25, -0.2) is 4.39 Å². The first-order chi connectivity index (χ1) is 15.5. The van der Waals surface area contributed by atoms with Crippen LogP contribution in [0.5, 0.6) is 11.5 Å². The Morgan fingerprint density at radius 3 is 2.34 bits per heavy atom. The summed E-state index contributed by atoms with van der Waals surface area (Å²) in [5.41, 5.74) is 1.03. The average molecular weight is 434 g/mol. The highest BCUT2D eigenvalue weighted by atomic mass is 19.1. The zero-order chi connectivity index (χ0) is 22.5. The number of ether oxygens (including phenoxy) is 2. The third-order valence-corrected chi connectivity index (χ3v) is 4.60. The Bertz CT molecular complexity index is 1270. The highest BCUT2D eigenvalue weighted by Gasteiger charge is 2.22. The minimum absolute atomic E-state index is 0.0823. The van der Waals surface area contributed by atoms with Crippen LogP contribution in [0.25, 0.3) is 11.0 Å². The smallest absolute Gasteiger partial charge is 0.293 e. The number of carbonyl (C=O) groups excluding carboxylic acids is 2. The molecule has 7 nitrogen and oxygen atoms in total. The molecular formula is C24H19FN2O5. The highest BCUT2D eigenvalue weighted by Crippen LogP contribution is 2.32. The minimum atomic E-state index is -0.589. The van der Waals surface area contributed by atoms with E-state index in [1.54, 1.807) is 48.5 Å². The molecule has 0 aliphatic heterocycles. The monoisotopic (exact) mass is 434 g/mol. The summed E-state index contributed by atoms with van der Waals surface area (Å²) in [5.74, 6) is -0.673. The van der Waals surface area contributed by atoms with E-state index in [2.05, 4.69) is 10.6 Å². The number of anilines is 2. The van der Waals surface area contributed by atoms with E-state index in [0.717, 1.165) is 0 Å². The van der Waals surface area contributed by atoms with E-state index < -0.39 is 17.6 Å². The van der Waals surface area contributed by atoms with Crippen molar-refractivity contribution in [2.45, 2.75) is 0 Å². The molecule has 3 aromatic carbocycles. The summed E-state index contributed by atoms with van der Waals surface area (Å²) >= 11 is 0. The van der Waals surface area contributed by atoms with Crippen molar-refractivity contribution in [1.29, 1.82) is 0 Å². The van der Waals surface area contributed by atoms with Crippen LogP contribution in [0.2, 0.25) is 0 Å². The zero-order valence-corrected chi connectivity index (χ0v) is 17.1. The molecule has 0 atom stereocenters. The van der Waals surface area contributed by atoms with Gasteiger partial charge in [0.2, 0.25) is 5.76 Å². The van der Waals surface area contributed by atoms with Crippen molar-refractivity contribution in [3.05, 3.63) is 84.4 Å². The lowest BCUT2D eigenvalue weighted by molar-refractivity contribution is -0.118. The van der Waals surface area contributed by atoms with E-state index >= 15 is 0 Å². The summed E-state index contributed by atoms with van der Waals surface area (Å²) in [4.78, 5) is 25.4. The van der Waals surface area contributed by atoms with Crippen LogP contribution in [0.3, 0.4) is 0 Å². The molecule has 0 aliphatic rings. The summed E-state index contributed by atoms with van der Waals surface area (Å²) in [6.45, 7) is -0.307. The Hall–Kier alpha value is -4.33. The molecule has 0 bridgehead atoms. The van der Waals surface area contributed by atoms with E-state index in [-0.39, 0.29) is 18.1 Å². The summed E-state index contributed by atoms with van der Waals surface area (Å²) < 4.78 is 29.6. The third kappa shape index (κ3) is 4.54. The number of hydrogen-bond acceptors (Lipinski definition) is 5. The van der Waals surface area contributed by atoms with E-state index in [1.165, 1.54) is 31.4 Å². The molecule has 1 heterocycles. The Morgan fingerprint density at radius 2 is 1.59 bits per heavy atom. The second-order valence-electron chi connectivity index (χ2n) is 6.75. The van der Waals surface area contributed by atoms with Gasteiger partial charge in [-0.1, -0.05) is 24.3 Å². The minimum Gasteiger partial charge on any atom is -0.493 e. The number of nitrogens with one attached hydrogen (secondary N) is 2. The van der Waals surface area contributed by atoms with Crippen molar-refractivity contribution in [1.82, 2.24) is 0 Å². The van der Waals surface area contributed by atoms with Gasteiger partial charge in [-0.2, -0.15) is 0 Å². The van der Waals surface area contributed by atoms with Gasteiger partial charge < -0.3 is 24.5 Å². The fourth-order valence-electron chi connectivity index (χ4n) is 3.11. The quantitative estimate of drug-likeness (QED) is 0.434. The summed E-state index contributed by atoms with van der Waals surface area (Å²) in [6.07, 6.45) is 0. The van der Waals surface area contributed by atoms with Crippen LogP contribution in [-0.2, 0) is 4.79 Å². The van der Waals surface area contributed by atoms with Gasteiger partial charge in [0.1, 0.15) is 17.1 Å². The van der Waals surface area contributed by atoms with Crippen molar-refractivity contribution < 1.29 is 27.9 Å². The number of benzene rings is 3. The largest absolute Gasteiger partial charge is 0.493 e. The van der Waals surface area contributed by atoms with Crippen molar-refractivity contribution in [2.24, 2.45) is 0 Å². The van der Waals surface area contributed by atoms with E-state index in [9.17, 15) is 14.0 Å². The van der Waals surface area contributed by atoms with Crippen LogP contribution in [0.1, 0.15) is 10.6 Å². The highest BCUT2D eigenvalue weighted by molar-refractivity contribution is 6.14. The molecule has 2 amide bonds. The molecule has 0 saturated heterocycles. The van der Waals surface area contributed by atoms with Crippen LogP contribution in [0, 0.1) is 5.82 Å². The normalized spacial score (nSPS) is 10.6. The summed E-state index contributed by atoms with van der Waals surface area (Å²) in [6, 6.07) is 19.2. The molecule has 0 saturated carbocycles. The van der Waals surface area contributed by atoms with E-state index in [4.69, 9.17) is 13.9 Å². The van der Waals surface area contributed by atoms with Crippen molar-refractivity contribution >= 4 is 34.2 Å². The number of fused-ring (bicyclic) bond motifs is 1. The summed E-state index contributed by atoms with van der Waals surface area (Å²) in [5, 5.41) is 5.89. The first-order valence-corrected chi connectivity index (χ1v) is 9.69. The predicted molar refractivity (Wildman–Crippen MR) is 118 cm³/mol.